The van der Waals surface area contributed by atoms with E-state index in [4.69, 9.17) is 5.73 Å². The number of piperidine rings is 1. The third-order valence-corrected chi connectivity index (χ3v) is 6.32. The number of amides is 1. The highest BCUT2D eigenvalue weighted by Gasteiger charge is 2.26. The van der Waals surface area contributed by atoms with Crippen LogP contribution in [0, 0.1) is 0 Å². The second-order valence-corrected chi connectivity index (χ2v) is 8.43. The van der Waals surface area contributed by atoms with E-state index < -0.39 is 10.0 Å². The molecular weight excluding hydrogens is 374 g/mol. The molecule has 26 heavy (non-hydrogen) atoms. The molecule has 1 aliphatic rings. The number of unbranched alkanes of at least 4 members (excludes halogenated alkanes) is 3. The van der Waals surface area contributed by atoms with Crippen LogP contribution in [-0.4, -0.2) is 38.3 Å². The summed E-state index contributed by atoms with van der Waals surface area (Å²) in [6.07, 6.45) is 7.14. The molecule has 1 amide bonds. The average Bonchev–Trinajstić information content (AvgIpc) is 2.62. The predicted octanol–water partition coefficient (Wildman–Crippen LogP) is 3.13. The van der Waals surface area contributed by atoms with Crippen molar-refractivity contribution in [1.82, 2.24) is 4.31 Å². The lowest BCUT2D eigenvalue weighted by Crippen LogP contribution is -2.35. The minimum atomic E-state index is -3.48. The van der Waals surface area contributed by atoms with E-state index in [1.54, 1.807) is 24.3 Å². The molecule has 1 fully saturated rings. The third-order valence-electron chi connectivity index (χ3n) is 4.43. The summed E-state index contributed by atoms with van der Waals surface area (Å²) in [7, 11) is -3.48. The van der Waals surface area contributed by atoms with Crippen LogP contribution in [0.4, 0.5) is 5.69 Å². The molecule has 0 radical (unpaired) electrons. The Bertz CT molecular complexity index is 661. The van der Waals surface area contributed by atoms with Crippen molar-refractivity contribution in [3.05, 3.63) is 24.3 Å². The Hall–Kier alpha value is -1.15. The van der Waals surface area contributed by atoms with Gasteiger partial charge in [-0.2, -0.15) is 4.31 Å². The lowest BCUT2D eigenvalue weighted by molar-refractivity contribution is -0.116. The summed E-state index contributed by atoms with van der Waals surface area (Å²) in [4.78, 5) is 12.3. The van der Waals surface area contributed by atoms with Gasteiger partial charge in [-0.05, 0) is 50.4 Å². The first kappa shape index (κ1) is 22.9. The number of carbonyl (C=O) groups excluding carboxylic acids is 1. The summed E-state index contributed by atoms with van der Waals surface area (Å²) >= 11 is 0. The van der Waals surface area contributed by atoms with Crippen LogP contribution in [0.1, 0.15) is 51.4 Å². The first-order chi connectivity index (χ1) is 12.0. The second-order valence-electron chi connectivity index (χ2n) is 6.49. The number of hydrogen-bond acceptors (Lipinski definition) is 4. The van der Waals surface area contributed by atoms with Crippen molar-refractivity contribution in [1.29, 1.82) is 0 Å². The van der Waals surface area contributed by atoms with Crippen molar-refractivity contribution >= 4 is 34.0 Å². The molecular formula is C18H30ClN3O3S. The SMILES string of the molecule is Cl.NCCCCCCC(=O)Nc1cccc(S(=O)(=O)N2CCCCC2)c1. The molecule has 0 saturated carbocycles. The largest absolute Gasteiger partial charge is 0.330 e. The standard InChI is InChI=1S/C18H29N3O3S.ClH/c19-12-5-2-1-4-11-18(22)20-16-9-8-10-17(15-16)25(23,24)21-13-6-3-7-14-21;/h8-10,15H,1-7,11-14,19H2,(H,20,22);1H. The number of nitrogens with zero attached hydrogens (tertiary/aromatic N) is 1. The molecule has 148 valence electrons. The number of sulfonamides is 1. The van der Waals surface area contributed by atoms with E-state index in [1.807, 2.05) is 0 Å². The molecule has 1 aromatic rings. The summed E-state index contributed by atoms with van der Waals surface area (Å²) in [6.45, 7) is 1.83. The molecule has 2 rings (SSSR count). The maximum Gasteiger partial charge on any atom is 0.243 e. The minimum absolute atomic E-state index is 0. The zero-order valence-corrected chi connectivity index (χ0v) is 16.8. The Morgan fingerprint density at radius 1 is 1.08 bits per heavy atom. The van der Waals surface area contributed by atoms with Crippen molar-refractivity contribution in [3.63, 3.8) is 0 Å². The number of rotatable bonds is 9. The third kappa shape index (κ3) is 6.87. The average molecular weight is 404 g/mol. The number of carbonyl (C=O) groups is 1. The molecule has 0 spiro atoms. The highest BCUT2D eigenvalue weighted by Crippen LogP contribution is 2.23. The van der Waals surface area contributed by atoms with Crippen LogP contribution < -0.4 is 11.1 Å². The van der Waals surface area contributed by atoms with Gasteiger partial charge in [0.25, 0.3) is 0 Å². The van der Waals surface area contributed by atoms with Gasteiger partial charge in [0, 0.05) is 25.2 Å². The van der Waals surface area contributed by atoms with Crippen LogP contribution in [0.15, 0.2) is 29.2 Å². The zero-order chi connectivity index (χ0) is 18.1. The monoisotopic (exact) mass is 403 g/mol. The number of benzene rings is 1. The summed E-state index contributed by atoms with van der Waals surface area (Å²) in [6, 6.07) is 6.54. The van der Waals surface area contributed by atoms with Gasteiger partial charge < -0.3 is 11.1 Å². The molecule has 1 aromatic carbocycles. The van der Waals surface area contributed by atoms with Gasteiger partial charge in [0.2, 0.25) is 15.9 Å². The fourth-order valence-corrected chi connectivity index (χ4v) is 4.56. The number of halogens is 1. The Morgan fingerprint density at radius 3 is 2.46 bits per heavy atom. The second kappa shape index (κ2) is 11.5. The number of nitrogens with two attached hydrogens (primary N) is 1. The maximum absolute atomic E-state index is 12.7. The van der Waals surface area contributed by atoms with E-state index in [-0.39, 0.29) is 23.2 Å². The van der Waals surface area contributed by atoms with Gasteiger partial charge in [-0.1, -0.05) is 25.3 Å². The predicted molar refractivity (Wildman–Crippen MR) is 107 cm³/mol. The molecule has 0 unspecified atom stereocenters. The quantitative estimate of drug-likeness (QED) is 0.619. The fourth-order valence-electron chi connectivity index (χ4n) is 3.00. The van der Waals surface area contributed by atoms with Crippen LogP contribution in [0.5, 0.6) is 0 Å². The van der Waals surface area contributed by atoms with E-state index >= 15 is 0 Å². The lowest BCUT2D eigenvalue weighted by atomic mass is 10.1. The molecule has 0 aliphatic carbocycles. The van der Waals surface area contributed by atoms with Gasteiger partial charge in [0.05, 0.1) is 4.90 Å². The van der Waals surface area contributed by atoms with Gasteiger partial charge in [-0.3, -0.25) is 4.79 Å². The Labute approximate surface area is 163 Å². The van der Waals surface area contributed by atoms with Gasteiger partial charge in [-0.25, -0.2) is 8.42 Å². The van der Waals surface area contributed by atoms with E-state index in [0.29, 0.717) is 31.7 Å². The van der Waals surface area contributed by atoms with Crippen molar-refractivity contribution in [2.75, 3.05) is 25.0 Å². The van der Waals surface area contributed by atoms with Gasteiger partial charge >= 0.3 is 0 Å². The lowest BCUT2D eigenvalue weighted by Gasteiger charge is -2.26. The topological polar surface area (TPSA) is 92.5 Å². The molecule has 8 heteroatoms. The van der Waals surface area contributed by atoms with E-state index in [9.17, 15) is 13.2 Å². The van der Waals surface area contributed by atoms with Crippen molar-refractivity contribution in [2.24, 2.45) is 5.73 Å². The fraction of sp³-hybridized carbons (Fsp3) is 0.611. The number of anilines is 1. The van der Waals surface area contributed by atoms with Crippen molar-refractivity contribution in [3.8, 4) is 0 Å². The van der Waals surface area contributed by atoms with Gasteiger partial charge in [-0.15, -0.1) is 12.4 Å². The first-order valence-corrected chi connectivity index (χ1v) is 10.6. The van der Waals surface area contributed by atoms with Crippen molar-refractivity contribution in [2.45, 2.75) is 56.3 Å². The van der Waals surface area contributed by atoms with Crippen LogP contribution in [0.3, 0.4) is 0 Å². The maximum atomic E-state index is 12.7. The molecule has 6 nitrogen and oxygen atoms in total. The van der Waals surface area contributed by atoms with Gasteiger partial charge in [0.15, 0.2) is 0 Å². The Morgan fingerprint density at radius 2 is 1.77 bits per heavy atom. The number of hydrogen-bond donors (Lipinski definition) is 2. The summed E-state index contributed by atoms with van der Waals surface area (Å²) < 4.78 is 26.9. The van der Waals surface area contributed by atoms with Crippen LogP contribution in [-0.2, 0) is 14.8 Å². The molecule has 0 bridgehead atoms. The summed E-state index contributed by atoms with van der Waals surface area (Å²) in [5.74, 6) is -0.0831. The molecule has 0 atom stereocenters. The molecule has 0 aromatic heterocycles. The summed E-state index contributed by atoms with van der Waals surface area (Å²) in [5, 5.41) is 2.80. The Balaban J connectivity index is 0.00000338. The van der Waals surface area contributed by atoms with Gasteiger partial charge in [0.1, 0.15) is 0 Å². The molecule has 1 heterocycles. The Kier molecular flexibility index (Phi) is 10.2. The van der Waals surface area contributed by atoms with E-state index in [0.717, 1.165) is 44.9 Å². The number of nitrogens with one attached hydrogen (secondary N) is 1. The van der Waals surface area contributed by atoms with E-state index in [2.05, 4.69) is 5.32 Å². The van der Waals surface area contributed by atoms with Crippen LogP contribution >= 0.6 is 12.4 Å². The highest BCUT2D eigenvalue weighted by molar-refractivity contribution is 7.89. The normalized spacial score (nSPS) is 15.3. The summed E-state index contributed by atoms with van der Waals surface area (Å²) in [5.41, 5.74) is 5.98. The zero-order valence-electron chi connectivity index (χ0n) is 15.2. The van der Waals surface area contributed by atoms with Crippen LogP contribution in [0.25, 0.3) is 0 Å². The molecule has 1 aliphatic heterocycles. The minimum Gasteiger partial charge on any atom is -0.330 e. The highest BCUT2D eigenvalue weighted by atomic mass is 35.5. The molecule has 1 saturated heterocycles. The molecule has 3 N–H and O–H groups in total. The smallest absolute Gasteiger partial charge is 0.243 e. The first-order valence-electron chi connectivity index (χ1n) is 9.14. The van der Waals surface area contributed by atoms with Crippen molar-refractivity contribution < 1.29 is 13.2 Å². The van der Waals surface area contributed by atoms with E-state index in [1.165, 1.54) is 4.31 Å². The van der Waals surface area contributed by atoms with Crippen LogP contribution in [0.2, 0.25) is 0 Å².